The number of anilines is 2. The molecule has 35 heavy (non-hydrogen) atoms. The van der Waals surface area contributed by atoms with E-state index in [2.05, 4.69) is 34.6 Å². The Bertz CT molecular complexity index is 1460. The van der Waals surface area contributed by atoms with E-state index >= 15 is 0 Å². The Hall–Kier alpha value is -3.66. The Balaban J connectivity index is 1.48. The van der Waals surface area contributed by atoms with Crippen LogP contribution in [-0.4, -0.2) is 48.5 Å². The summed E-state index contributed by atoms with van der Waals surface area (Å²) in [6, 6.07) is 7.78. The summed E-state index contributed by atoms with van der Waals surface area (Å²) in [6.45, 7) is 5.38. The van der Waals surface area contributed by atoms with Crippen molar-refractivity contribution in [2.75, 3.05) is 23.7 Å². The first kappa shape index (κ1) is 21.8. The molecule has 3 aromatic heterocycles. The molecule has 1 aromatic carbocycles. The van der Waals surface area contributed by atoms with Crippen LogP contribution in [0.25, 0.3) is 22.6 Å². The van der Waals surface area contributed by atoms with Crippen LogP contribution in [0, 0.1) is 11.6 Å². The molecule has 0 bridgehead atoms. The summed E-state index contributed by atoms with van der Waals surface area (Å²) >= 11 is 0. The van der Waals surface area contributed by atoms with Gasteiger partial charge in [0.05, 0.1) is 23.7 Å². The zero-order valence-electron chi connectivity index (χ0n) is 19.4. The summed E-state index contributed by atoms with van der Waals surface area (Å²) in [6.07, 6.45) is 2.61. The molecular formula is C25H25F2N7O. The molecule has 1 fully saturated rings. The lowest BCUT2D eigenvalue weighted by atomic mass is 9.88. The minimum absolute atomic E-state index is 0.121. The van der Waals surface area contributed by atoms with Crippen LogP contribution < -0.4 is 10.6 Å². The summed E-state index contributed by atoms with van der Waals surface area (Å²) in [5.74, 6) is 0.709. The van der Waals surface area contributed by atoms with E-state index in [1.165, 1.54) is 16.8 Å². The number of pyridine rings is 1. The van der Waals surface area contributed by atoms with Crippen molar-refractivity contribution >= 4 is 22.7 Å². The Morgan fingerprint density at radius 3 is 2.74 bits per heavy atom. The fourth-order valence-electron chi connectivity index (χ4n) is 4.52. The molecule has 0 amide bonds. The van der Waals surface area contributed by atoms with Gasteiger partial charge in [0.25, 0.3) is 0 Å². The fraction of sp³-hybridized carbons (Fsp3) is 0.360. The van der Waals surface area contributed by atoms with E-state index in [-0.39, 0.29) is 17.8 Å². The number of hydrogen-bond acceptors (Lipinski definition) is 7. The van der Waals surface area contributed by atoms with Crippen molar-refractivity contribution in [3.8, 4) is 11.5 Å². The maximum atomic E-state index is 14.3. The van der Waals surface area contributed by atoms with E-state index < -0.39 is 11.4 Å². The molecule has 8 nitrogen and oxygen atoms in total. The average molecular weight is 478 g/mol. The van der Waals surface area contributed by atoms with E-state index in [1.807, 2.05) is 0 Å². The number of hydrogen-bond donors (Lipinski definition) is 3. The van der Waals surface area contributed by atoms with Gasteiger partial charge in [-0.25, -0.2) is 28.4 Å². The fourth-order valence-corrected chi connectivity index (χ4v) is 4.52. The highest BCUT2D eigenvalue weighted by Crippen LogP contribution is 2.42. The number of halogens is 2. The number of nitrogens with one attached hydrogen (secondary N) is 2. The summed E-state index contributed by atoms with van der Waals surface area (Å²) in [7, 11) is 0. The molecular weight excluding hydrogens is 452 g/mol. The number of fused-ring (bicyclic) bond motifs is 2. The van der Waals surface area contributed by atoms with Gasteiger partial charge in [0.1, 0.15) is 29.0 Å². The Kier molecular flexibility index (Phi) is 4.79. The second-order valence-corrected chi connectivity index (χ2v) is 10.1. The van der Waals surface area contributed by atoms with Gasteiger partial charge in [-0.15, -0.1) is 0 Å². The maximum Gasteiger partial charge on any atom is 0.184 e. The predicted octanol–water partition coefficient (Wildman–Crippen LogP) is 3.85. The molecule has 0 spiro atoms. The van der Waals surface area contributed by atoms with Gasteiger partial charge in [0, 0.05) is 29.6 Å². The van der Waals surface area contributed by atoms with Crippen LogP contribution in [0.4, 0.5) is 20.4 Å². The quantitative estimate of drug-likeness (QED) is 0.388. The highest BCUT2D eigenvalue weighted by Gasteiger charge is 2.41. The summed E-state index contributed by atoms with van der Waals surface area (Å²) in [4.78, 5) is 13.7. The Morgan fingerprint density at radius 1 is 1.17 bits per heavy atom. The topological polar surface area (TPSA) is 101 Å². The van der Waals surface area contributed by atoms with Gasteiger partial charge in [0.15, 0.2) is 11.5 Å². The van der Waals surface area contributed by atoms with Crippen LogP contribution in [0.1, 0.15) is 37.8 Å². The van der Waals surface area contributed by atoms with E-state index in [0.717, 1.165) is 24.6 Å². The lowest BCUT2D eigenvalue weighted by Gasteiger charge is -2.21. The van der Waals surface area contributed by atoms with E-state index in [0.29, 0.717) is 52.8 Å². The SMILES string of the molecule is CC1(C)CNc2nc(-c3nn(Cc4ccccc4F)c4ncc(F)cc34)nc(NCC3(O)CC3)c21. The minimum Gasteiger partial charge on any atom is -0.388 e. The third-order valence-corrected chi connectivity index (χ3v) is 6.74. The molecule has 4 aromatic rings. The molecule has 4 heterocycles. The van der Waals surface area contributed by atoms with Gasteiger partial charge < -0.3 is 15.7 Å². The van der Waals surface area contributed by atoms with Crippen molar-refractivity contribution in [3.63, 3.8) is 0 Å². The number of aliphatic hydroxyl groups is 1. The molecule has 10 heteroatoms. The van der Waals surface area contributed by atoms with Crippen molar-refractivity contribution < 1.29 is 13.9 Å². The molecule has 0 atom stereocenters. The van der Waals surface area contributed by atoms with Crippen LogP contribution in [0.2, 0.25) is 0 Å². The molecule has 2 aliphatic rings. The van der Waals surface area contributed by atoms with Crippen molar-refractivity contribution in [1.82, 2.24) is 24.7 Å². The first-order chi connectivity index (χ1) is 16.7. The Labute approximate surface area is 200 Å². The average Bonchev–Trinajstić information content (AvgIpc) is 3.34. The van der Waals surface area contributed by atoms with Gasteiger partial charge in [-0.2, -0.15) is 5.10 Å². The summed E-state index contributed by atoms with van der Waals surface area (Å²) in [5, 5.41) is 22.1. The van der Waals surface area contributed by atoms with Crippen LogP contribution in [-0.2, 0) is 12.0 Å². The number of benzene rings is 1. The van der Waals surface area contributed by atoms with Gasteiger partial charge in [-0.1, -0.05) is 32.0 Å². The number of aromatic nitrogens is 5. The standard InChI is InChI=1S/C25H25F2N7O/c1-24(2)12-29-20-18(24)21(30-13-25(35)7-8-25)32-22(31-20)19-16-9-15(26)10-28-23(16)34(33-19)11-14-5-3-4-6-17(14)27/h3-6,9-10,35H,7-8,11-13H2,1-2H3,(H2,29,30,31,32). The van der Waals surface area contributed by atoms with E-state index in [1.54, 1.807) is 18.2 Å². The van der Waals surface area contributed by atoms with Gasteiger partial charge in [-0.05, 0) is 25.0 Å². The Morgan fingerprint density at radius 2 is 1.97 bits per heavy atom. The third kappa shape index (κ3) is 3.87. The van der Waals surface area contributed by atoms with Crippen molar-refractivity contribution in [1.29, 1.82) is 0 Å². The van der Waals surface area contributed by atoms with Crippen LogP contribution >= 0.6 is 0 Å². The molecule has 180 valence electrons. The van der Waals surface area contributed by atoms with Crippen molar-refractivity contribution in [2.24, 2.45) is 0 Å². The zero-order valence-corrected chi connectivity index (χ0v) is 19.4. The van der Waals surface area contributed by atoms with Gasteiger partial charge in [0.2, 0.25) is 0 Å². The third-order valence-electron chi connectivity index (χ3n) is 6.74. The largest absolute Gasteiger partial charge is 0.388 e. The molecule has 3 N–H and O–H groups in total. The van der Waals surface area contributed by atoms with E-state index in [4.69, 9.17) is 9.97 Å². The van der Waals surface area contributed by atoms with Crippen LogP contribution in [0.5, 0.6) is 0 Å². The highest BCUT2D eigenvalue weighted by atomic mass is 19.1. The molecule has 0 radical (unpaired) electrons. The smallest absolute Gasteiger partial charge is 0.184 e. The summed E-state index contributed by atoms with van der Waals surface area (Å²) in [5.41, 5.74) is 1.20. The highest BCUT2D eigenvalue weighted by molar-refractivity contribution is 5.90. The van der Waals surface area contributed by atoms with Gasteiger partial charge in [-0.3, -0.25) is 0 Å². The molecule has 0 unspecified atom stereocenters. The molecule has 0 saturated heterocycles. The number of rotatable bonds is 6. The monoisotopic (exact) mass is 477 g/mol. The van der Waals surface area contributed by atoms with Crippen LogP contribution in [0.3, 0.4) is 0 Å². The second-order valence-electron chi connectivity index (χ2n) is 10.1. The number of nitrogens with zero attached hydrogens (tertiary/aromatic N) is 5. The molecule has 1 saturated carbocycles. The lowest BCUT2D eigenvalue weighted by molar-refractivity contribution is 0.164. The summed E-state index contributed by atoms with van der Waals surface area (Å²) < 4.78 is 30.1. The zero-order chi connectivity index (χ0) is 24.4. The van der Waals surface area contributed by atoms with Crippen molar-refractivity contribution in [3.05, 3.63) is 59.3 Å². The first-order valence-electron chi connectivity index (χ1n) is 11.6. The van der Waals surface area contributed by atoms with Crippen molar-refractivity contribution in [2.45, 2.75) is 44.2 Å². The van der Waals surface area contributed by atoms with Gasteiger partial charge >= 0.3 is 0 Å². The lowest BCUT2D eigenvalue weighted by Crippen LogP contribution is -2.25. The molecule has 6 rings (SSSR count). The normalized spacial score (nSPS) is 17.3. The predicted molar refractivity (Wildman–Crippen MR) is 128 cm³/mol. The van der Waals surface area contributed by atoms with Crippen LogP contribution in [0.15, 0.2) is 36.5 Å². The molecule has 1 aliphatic carbocycles. The first-order valence-corrected chi connectivity index (χ1v) is 11.6. The second kappa shape index (κ2) is 7.67. The minimum atomic E-state index is -0.713. The molecule has 1 aliphatic heterocycles. The maximum absolute atomic E-state index is 14.3. The van der Waals surface area contributed by atoms with E-state index in [9.17, 15) is 13.9 Å².